The summed E-state index contributed by atoms with van der Waals surface area (Å²) in [5.41, 5.74) is -1.27. The van der Waals surface area contributed by atoms with Crippen LogP contribution in [0.25, 0.3) is 0 Å². The summed E-state index contributed by atoms with van der Waals surface area (Å²) >= 11 is 0. The van der Waals surface area contributed by atoms with Gasteiger partial charge in [-0.05, 0) is 62.7 Å². The first kappa shape index (κ1) is 23.8. The van der Waals surface area contributed by atoms with Gasteiger partial charge in [0.15, 0.2) is 6.29 Å². The fourth-order valence-corrected chi connectivity index (χ4v) is 7.24. The minimum atomic E-state index is -1.08. The molecule has 1 amide bonds. The van der Waals surface area contributed by atoms with E-state index in [1.54, 1.807) is 0 Å². The van der Waals surface area contributed by atoms with Gasteiger partial charge in [0, 0.05) is 12.8 Å². The molecule has 32 heavy (non-hydrogen) atoms. The minimum Gasteiger partial charge on any atom is -0.467 e. The Hall–Kier alpha value is -1.34. The van der Waals surface area contributed by atoms with E-state index in [1.807, 2.05) is 27.7 Å². The number of nitrogens with zero attached hydrogens (tertiary/aromatic N) is 1. The lowest BCUT2D eigenvalue weighted by Crippen LogP contribution is -2.54. The Morgan fingerprint density at radius 1 is 1.19 bits per heavy atom. The van der Waals surface area contributed by atoms with Crippen molar-refractivity contribution in [2.45, 2.75) is 110 Å². The molecule has 0 aromatic heterocycles. The van der Waals surface area contributed by atoms with Gasteiger partial charge in [-0.2, -0.15) is 0 Å². The lowest BCUT2D eigenvalue weighted by molar-refractivity contribution is -0.184. The predicted octanol–water partition coefficient (Wildman–Crippen LogP) is 4.52. The van der Waals surface area contributed by atoms with Gasteiger partial charge in [0.1, 0.15) is 11.1 Å². The molecule has 7 heteroatoms. The third-order valence-electron chi connectivity index (χ3n) is 9.25. The number of carbonyl (C=O) groups is 2. The van der Waals surface area contributed by atoms with Crippen LogP contribution in [0.5, 0.6) is 0 Å². The van der Waals surface area contributed by atoms with Crippen molar-refractivity contribution in [1.29, 1.82) is 0 Å². The molecule has 182 valence electrons. The standard InChI is InChI=1S/C25H41NO6/c1-9-25(20(27)29-8)13-15(14-26(25)21(28)32-22(2,3)4)30-18-12-16-17-10-11-24(7,19(16)31-18)23(17,5)6/h15-19H,9-14H2,1-8H3/t15-,16-,17-,18-,19-,24+,25+/m1/s1. The van der Waals surface area contributed by atoms with E-state index < -0.39 is 23.2 Å². The van der Waals surface area contributed by atoms with E-state index in [9.17, 15) is 9.59 Å². The summed E-state index contributed by atoms with van der Waals surface area (Å²) in [5.74, 6) is 0.764. The molecular formula is C25H41NO6. The maximum Gasteiger partial charge on any atom is 0.411 e. The number of esters is 1. The largest absolute Gasteiger partial charge is 0.467 e. The summed E-state index contributed by atoms with van der Waals surface area (Å²) in [4.78, 5) is 27.4. The predicted molar refractivity (Wildman–Crippen MR) is 119 cm³/mol. The van der Waals surface area contributed by atoms with Crippen LogP contribution in [0.4, 0.5) is 4.79 Å². The zero-order valence-electron chi connectivity index (χ0n) is 21.0. The highest BCUT2D eigenvalue weighted by atomic mass is 16.7. The van der Waals surface area contributed by atoms with Crippen LogP contribution in [0.3, 0.4) is 0 Å². The maximum atomic E-state index is 13.0. The number of fused-ring (bicyclic) bond motifs is 5. The SMILES string of the molecule is CC[C@@]1(C(=O)OC)C[C@@H](O[C@H]2C[C@@H]3[C@H]4CC[C@@](C)([C@@H]3O2)C4(C)C)CN1C(=O)OC(C)(C)C. The van der Waals surface area contributed by atoms with E-state index in [0.717, 1.165) is 6.42 Å². The first-order chi connectivity index (χ1) is 14.8. The maximum absolute atomic E-state index is 13.0. The van der Waals surface area contributed by atoms with Crippen LogP contribution in [0.2, 0.25) is 0 Å². The highest BCUT2D eigenvalue weighted by Crippen LogP contribution is 2.71. The summed E-state index contributed by atoms with van der Waals surface area (Å²) in [6.45, 7) is 14.8. The number of likely N-dealkylation sites (tertiary alicyclic amines) is 1. The van der Waals surface area contributed by atoms with Gasteiger partial charge in [-0.3, -0.25) is 4.90 Å². The Morgan fingerprint density at radius 2 is 1.88 bits per heavy atom. The van der Waals surface area contributed by atoms with Gasteiger partial charge < -0.3 is 18.9 Å². The molecule has 7 atom stereocenters. The molecule has 0 radical (unpaired) electrons. The van der Waals surface area contributed by atoms with Crippen LogP contribution in [0.1, 0.15) is 80.6 Å². The molecule has 2 heterocycles. The second-order valence-corrected chi connectivity index (χ2v) is 12.1. The van der Waals surface area contributed by atoms with Crippen LogP contribution in [-0.4, -0.2) is 60.3 Å². The van der Waals surface area contributed by atoms with Gasteiger partial charge in [-0.1, -0.05) is 27.7 Å². The molecule has 2 saturated heterocycles. The molecule has 0 N–H and O–H groups in total. The lowest BCUT2D eigenvalue weighted by atomic mass is 9.70. The summed E-state index contributed by atoms with van der Waals surface area (Å²) in [7, 11) is 1.36. The fraction of sp³-hybridized carbons (Fsp3) is 0.920. The van der Waals surface area contributed by atoms with Crippen molar-refractivity contribution in [2.24, 2.45) is 22.7 Å². The summed E-state index contributed by atoms with van der Waals surface area (Å²) < 4.78 is 23.7. The lowest BCUT2D eigenvalue weighted by Gasteiger charge is -2.38. The van der Waals surface area contributed by atoms with E-state index in [0.29, 0.717) is 31.2 Å². The Balaban J connectivity index is 1.49. The minimum absolute atomic E-state index is 0.178. The van der Waals surface area contributed by atoms with E-state index in [-0.39, 0.29) is 29.3 Å². The van der Waals surface area contributed by atoms with E-state index in [4.69, 9.17) is 18.9 Å². The third kappa shape index (κ3) is 3.37. The topological polar surface area (TPSA) is 74.3 Å². The van der Waals surface area contributed by atoms with Crippen LogP contribution >= 0.6 is 0 Å². The van der Waals surface area contributed by atoms with Crippen molar-refractivity contribution in [3.63, 3.8) is 0 Å². The van der Waals surface area contributed by atoms with Gasteiger partial charge in [-0.15, -0.1) is 0 Å². The van der Waals surface area contributed by atoms with Gasteiger partial charge in [0.25, 0.3) is 0 Å². The molecule has 0 spiro atoms. The molecule has 7 nitrogen and oxygen atoms in total. The van der Waals surface area contributed by atoms with Crippen molar-refractivity contribution in [1.82, 2.24) is 4.90 Å². The van der Waals surface area contributed by atoms with Gasteiger partial charge >= 0.3 is 12.1 Å². The molecule has 2 aliphatic carbocycles. The molecule has 4 aliphatic rings. The number of methoxy groups -OCH3 is 1. The molecular weight excluding hydrogens is 410 g/mol. The average Bonchev–Trinajstić information content (AvgIpc) is 3.37. The van der Waals surface area contributed by atoms with Gasteiger partial charge in [-0.25, -0.2) is 9.59 Å². The van der Waals surface area contributed by atoms with Crippen molar-refractivity contribution >= 4 is 12.1 Å². The summed E-state index contributed by atoms with van der Waals surface area (Å²) in [6.07, 6.45) is 3.29. The third-order valence-corrected chi connectivity index (χ3v) is 9.25. The first-order valence-electron chi connectivity index (χ1n) is 12.2. The molecule has 2 aliphatic heterocycles. The van der Waals surface area contributed by atoms with E-state index in [2.05, 4.69) is 20.8 Å². The first-order valence-corrected chi connectivity index (χ1v) is 12.2. The number of carbonyl (C=O) groups excluding carboxylic acids is 2. The Labute approximate surface area is 192 Å². The molecule has 2 saturated carbocycles. The zero-order chi connectivity index (χ0) is 23.7. The van der Waals surface area contributed by atoms with Crippen LogP contribution < -0.4 is 0 Å². The second-order valence-electron chi connectivity index (χ2n) is 12.1. The van der Waals surface area contributed by atoms with E-state index in [1.165, 1.54) is 24.9 Å². The van der Waals surface area contributed by atoms with Crippen LogP contribution in [0.15, 0.2) is 0 Å². The average molecular weight is 452 g/mol. The second kappa shape index (κ2) is 7.59. The normalized spacial score (nSPS) is 42.2. The Bertz CT molecular complexity index is 775. The number of hydrogen-bond donors (Lipinski definition) is 0. The highest BCUT2D eigenvalue weighted by Gasteiger charge is 2.69. The van der Waals surface area contributed by atoms with Crippen molar-refractivity contribution < 1.29 is 28.5 Å². The summed E-state index contributed by atoms with van der Waals surface area (Å²) in [6, 6.07) is 0. The molecule has 4 rings (SSSR count). The fourth-order valence-electron chi connectivity index (χ4n) is 7.24. The Kier molecular flexibility index (Phi) is 5.65. The van der Waals surface area contributed by atoms with Crippen LogP contribution in [-0.2, 0) is 23.7 Å². The molecule has 0 aromatic rings. The smallest absolute Gasteiger partial charge is 0.411 e. The van der Waals surface area contributed by atoms with Crippen molar-refractivity contribution in [2.75, 3.05) is 13.7 Å². The van der Waals surface area contributed by atoms with Crippen molar-refractivity contribution in [3.8, 4) is 0 Å². The van der Waals surface area contributed by atoms with Gasteiger partial charge in [0.05, 0.1) is 25.9 Å². The molecule has 2 bridgehead atoms. The number of amides is 1. The molecule has 0 aromatic carbocycles. The quantitative estimate of drug-likeness (QED) is 0.585. The van der Waals surface area contributed by atoms with Crippen LogP contribution in [0, 0.1) is 22.7 Å². The van der Waals surface area contributed by atoms with Crippen molar-refractivity contribution in [3.05, 3.63) is 0 Å². The highest BCUT2D eigenvalue weighted by molar-refractivity contribution is 5.86. The molecule has 4 fully saturated rings. The number of rotatable bonds is 4. The molecule has 0 unspecified atom stereocenters. The summed E-state index contributed by atoms with van der Waals surface area (Å²) in [5, 5.41) is 0. The van der Waals surface area contributed by atoms with E-state index >= 15 is 0 Å². The number of hydrogen-bond acceptors (Lipinski definition) is 6. The zero-order valence-corrected chi connectivity index (χ0v) is 21.0. The number of ether oxygens (including phenoxy) is 4. The van der Waals surface area contributed by atoms with Gasteiger partial charge in [0.2, 0.25) is 0 Å². The Morgan fingerprint density at radius 3 is 2.44 bits per heavy atom. The monoisotopic (exact) mass is 451 g/mol.